The van der Waals surface area contributed by atoms with Crippen LogP contribution in [0.1, 0.15) is 15.9 Å². The Bertz CT molecular complexity index is 644. The molecule has 0 heterocycles. The summed E-state index contributed by atoms with van der Waals surface area (Å²) < 4.78 is 20.1. The zero-order valence-corrected chi connectivity index (χ0v) is 17.0. The van der Waals surface area contributed by atoms with E-state index < -0.39 is 0 Å². The third kappa shape index (κ3) is 7.59. The van der Waals surface area contributed by atoms with Crippen molar-refractivity contribution in [1.82, 2.24) is 0 Å². The van der Waals surface area contributed by atoms with Crippen molar-refractivity contribution in [2.75, 3.05) is 28.4 Å². The molecule has 142 valence electrons. The Balaban J connectivity index is 0. The van der Waals surface area contributed by atoms with Crippen LogP contribution in [0.15, 0.2) is 36.4 Å². The maximum Gasteiger partial charge on any atom is 0.161 e. The van der Waals surface area contributed by atoms with E-state index in [-0.39, 0.29) is 27.8 Å². The zero-order valence-electron chi connectivity index (χ0n) is 15.4. The van der Waals surface area contributed by atoms with Crippen molar-refractivity contribution in [3.63, 3.8) is 0 Å². The summed E-state index contributed by atoms with van der Waals surface area (Å²) in [6.07, 6.45) is 0.766. The van der Waals surface area contributed by atoms with Crippen LogP contribution < -0.4 is 18.9 Å². The van der Waals surface area contributed by atoms with Gasteiger partial charge in [-0.2, -0.15) is 0 Å². The van der Waals surface area contributed by atoms with Gasteiger partial charge in [-0.05, 0) is 42.8 Å². The van der Waals surface area contributed by atoms with Gasteiger partial charge < -0.3 is 26.4 Å². The van der Waals surface area contributed by atoms with Crippen molar-refractivity contribution in [2.45, 2.75) is 6.92 Å². The first-order valence-electron chi connectivity index (χ1n) is 6.95. The normalized spacial score (nSPS) is 8.52. The van der Waals surface area contributed by atoms with Crippen LogP contribution in [0.4, 0.5) is 0 Å². The second-order valence-corrected chi connectivity index (χ2v) is 4.59. The van der Waals surface area contributed by atoms with Gasteiger partial charge in [-0.3, -0.25) is 4.79 Å². The molecule has 0 bridgehead atoms. The van der Waals surface area contributed by atoms with Crippen molar-refractivity contribution in [3.05, 3.63) is 55.0 Å². The van der Waals surface area contributed by atoms with Crippen LogP contribution in [-0.2, 0) is 20.4 Å². The Morgan fingerprint density at radius 3 is 1.60 bits per heavy atom. The first-order chi connectivity index (χ1) is 11.1. The minimum Gasteiger partial charge on any atom is -0.493 e. The van der Waals surface area contributed by atoms with Gasteiger partial charge in [-0.25, -0.2) is 0 Å². The van der Waals surface area contributed by atoms with E-state index in [0.29, 0.717) is 17.1 Å². The Kier molecular flexibility index (Phi) is 13.4. The van der Waals surface area contributed by atoms with Crippen molar-refractivity contribution >= 4 is 6.29 Å². The van der Waals surface area contributed by atoms with E-state index in [1.807, 2.05) is 25.1 Å². The molecule has 2 rings (SSSR count). The number of benzene rings is 2. The van der Waals surface area contributed by atoms with Crippen LogP contribution in [0.25, 0.3) is 0 Å². The molecule has 2 aromatic carbocycles. The number of aryl methyl sites for hydroxylation is 1. The van der Waals surface area contributed by atoms with E-state index in [2.05, 4.69) is 0 Å². The van der Waals surface area contributed by atoms with Gasteiger partial charge in [0.1, 0.15) is 6.29 Å². The number of rotatable bonds is 5. The second kappa shape index (κ2) is 13.3. The summed E-state index contributed by atoms with van der Waals surface area (Å²) in [7, 11) is 6.36. The van der Waals surface area contributed by atoms with E-state index in [1.54, 1.807) is 39.5 Å². The number of hydrogen-bond acceptors (Lipinski definition) is 5. The number of carbonyl (C=O) groups is 1. The predicted molar refractivity (Wildman–Crippen MR) is 95.6 cm³/mol. The van der Waals surface area contributed by atoms with E-state index in [1.165, 1.54) is 12.7 Å². The van der Waals surface area contributed by atoms with Crippen molar-refractivity contribution in [3.8, 4) is 23.0 Å². The standard InChI is InChI=1S/C9H10O3.C9H12O2.CH3.Pd/c1-11-8-4-3-7(6-10)5-9(8)12-2;1-7-4-5-8(10-2)9(6-7)11-3;;/h3-6H,1-2H3;4-6H,1-3H3;1H3;/q;;-1;. The maximum atomic E-state index is 10.4. The SMILES string of the molecule is COc1ccc(C)cc1OC.COc1ccc(C=O)cc1OC.[CH3-].[Pd]. The van der Waals surface area contributed by atoms with E-state index >= 15 is 0 Å². The molecule has 0 saturated carbocycles. The van der Waals surface area contributed by atoms with Crippen molar-refractivity contribution in [1.29, 1.82) is 0 Å². The van der Waals surface area contributed by atoms with Crippen LogP contribution in [0.3, 0.4) is 0 Å². The molecular formula is C19H25O5Pd-. The molecule has 5 nitrogen and oxygen atoms in total. The summed E-state index contributed by atoms with van der Waals surface area (Å²) in [6, 6.07) is 10.8. The predicted octanol–water partition coefficient (Wildman–Crippen LogP) is 3.98. The summed E-state index contributed by atoms with van der Waals surface area (Å²) in [5.74, 6) is 2.76. The smallest absolute Gasteiger partial charge is 0.161 e. The molecule has 0 fully saturated rings. The topological polar surface area (TPSA) is 54.0 Å². The third-order valence-electron chi connectivity index (χ3n) is 3.08. The Hall–Kier alpha value is -2.03. The quantitative estimate of drug-likeness (QED) is 0.401. The van der Waals surface area contributed by atoms with Gasteiger partial charge >= 0.3 is 0 Å². The molecule has 0 spiro atoms. The summed E-state index contributed by atoms with van der Waals surface area (Å²) >= 11 is 0. The second-order valence-electron chi connectivity index (χ2n) is 4.59. The number of hydrogen-bond donors (Lipinski definition) is 0. The van der Waals surface area contributed by atoms with Crippen LogP contribution in [0.2, 0.25) is 0 Å². The molecule has 0 radical (unpaired) electrons. The van der Waals surface area contributed by atoms with Gasteiger partial charge in [0.25, 0.3) is 0 Å². The van der Waals surface area contributed by atoms with E-state index in [4.69, 9.17) is 18.9 Å². The molecule has 0 aliphatic carbocycles. The summed E-state index contributed by atoms with van der Waals surface area (Å²) in [4.78, 5) is 10.4. The fraction of sp³-hybridized carbons (Fsp3) is 0.263. The molecule has 0 amide bonds. The Labute approximate surface area is 163 Å². The molecule has 0 saturated heterocycles. The molecule has 6 heteroatoms. The third-order valence-corrected chi connectivity index (χ3v) is 3.08. The van der Waals surface area contributed by atoms with Gasteiger partial charge in [0.05, 0.1) is 28.4 Å². The number of aldehydes is 1. The van der Waals surface area contributed by atoms with Gasteiger partial charge in [0.15, 0.2) is 23.0 Å². The van der Waals surface area contributed by atoms with Gasteiger partial charge in [-0.1, -0.05) is 6.07 Å². The van der Waals surface area contributed by atoms with E-state index in [0.717, 1.165) is 17.8 Å². The summed E-state index contributed by atoms with van der Waals surface area (Å²) in [6.45, 7) is 2.02. The average Bonchev–Trinajstić information content (AvgIpc) is 2.61. The fourth-order valence-electron chi connectivity index (χ4n) is 1.87. The minimum absolute atomic E-state index is 0. The molecule has 0 atom stereocenters. The first-order valence-corrected chi connectivity index (χ1v) is 6.95. The molecule has 0 N–H and O–H groups in total. The number of methoxy groups -OCH3 is 4. The molecule has 25 heavy (non-hydrogen) atoms. The maximum absolute atomic E-state index is 10.4. The van der Waals surface area contributed by atoms with Crippen molar-refractivity contribution in [2.24, 2.45) is 0 Å². The molecule has 0 aliphatic rings. The Morgan fingerprint density at radius 1 is 0.720 bits per heavy atom. The first kappa shape index (κ1) is 25.2. The molecule has 0 aliphatic heterocycles. The van der Waals surface area contributed by atoms with Gasteiger partial charge in [0, 0.05) is 26.0 Å². The minimum atomic E-state index is 0. The van der Waals surface area contributed by atoms with Crippen LogP contribution in [0, 0.1) is 14.4 Å². The summed E-state index contributed by atoms with van der Waals surface area (Å²) in [5, 5.41) is 0. The molecular weight excluding hydrogens is 415 g/mol. The summed E-state index contributed by atoms with van der Waals surface area (Å²) in [5.41, 5.74) is 1.75. The van der Waals surface area contributed by atoms with E-state index in [9.17, 15) is 4.79 Å². The molecule has 0 unspecified atom stereocenters. The van der Waals surface area contributed by atoms with Gasteiger partial charge in [-0.15, -0.1) is 0 Å². The fourth-order valence-corrected chi connectivity index (χ4v) is 1.87. The van der Waals surface area contributed by atoms with Gasteiger partial charge in [0.2, 0.25) is 0 Å². The van der Waals surface area contributed by atoms with Crippen LogP contribution in [0.5, 0.6) is 23.0 Å². The van der Waals surface area contributed by atoms with Crippen LogP contribution in [-0.4, -0.2) is 34.7 Å². The molecule has 0 aromatic heterocycles. The number of ether oxygens (including phenoxy) is 4. The number of carbonyl (C=O) groups excluding carboxylic acids is 1. The monoisotopic (exact) mass is 439 g/mol. The van der Waals surface area contributed by atoms with Crippen molar-refractivity contribution < 1.29 is 44.2 Å². The largest absolute Gasteiger partial charge is 0.493 e. The average molecular weight is 440 g/mol. The Morgan fingerprint density at radius 2 is 1.16 bits per heavy atom. The zero-order chi connectivity index (χ0) is 17.2. The van der Waals surface area contributed by atoms with Crippen LogP contribution >= 0.6 is 0 Å². The molecule has 2 aromatic rings.